The lowest BCUT2D eigenvalue weighted by molar-refractivity contribution is -0.142. The SMILES string of the molecule is C=CC(=O)OCC(O)COc1ccc(C2(C)CCC(C(C)(C)c3ccc(OCC(O)COC(=O)C=C)cc3)CC2)cc1. The van der Waals surface area contributed by atoms with E-state index in [4.69, 9.17) is 18.9 Å². The van der Waals surface area contributed by atoms with Crippen molar-refractivity contribution in [1.29, 1.82) is 0 Å². The lowest BCUT2D eigenvalue weighted by atomic mass is 9.60. The molecule has 42 heavy (non-hydrogen) atoms. The molecule has 0 amide bonds. The number of carbonyl (C=O) groups excluding carboxylic acids is 2. The van der Waals surface area contributed by atoms with Gasteiger partial charge in [-0.25, -0.2) is 9.59 Å². The molecule has 1 fully saturated rings. The Labute approximate surface area is 248 Å². The minimum Gasteiger partial charge on any atom is -0.491 e. The first-order valence-electron chi connectivity index (χ1n) is 14.4. The van der Waals surface area contributed by atoms with E-state index >= 15 is 0 Å². The molecule has 0 aromatic heterocycles. The highest BCUT2D eigenvalue weighted by atomic mass is 16.6. The smallest absolute Gasteiger partial charge is 0.330 e. The van der Waals surface area contributed by atoms with Gasteiger partial charge in [-0.3, -0.25) is 0 Å². The predicted molar refractivity (Wildman–Crippen MR) is 161 cm³/mol. The Morgan fingerprint density at radius 1 is 0.833 bits per heavy atom. The zero-order valence-corrected chi connectivity index (χ0v) is 24.9. The minimum absolute atomic E-state index is 0.0171. The molecular weight excluding hydrogens is 536 g/mol. The van der Waals surface area contributed by atoms with E-state index in [-0.39, 0.29) is 37.3 Å². The van der Waals surface area contributed by atoms with Crippen molar-refractivity contribution in [2.45, 2.75) is 69.5 Å². The molecule has 2 aromatic rings. The number of esters is 2. The Morgan fingerprint density at radius 2 is 1.26 bits per heavy atom. The van der Waals surface area contributed by atoms with Crippen molar-refractivity contribution in [2.24, 2.45) is 5.92 Å². The first-order valence-corrected chi connectivity index (χ1v) is 14.4. The van der Waals surface area contributed by atoms with Crippen LogP contribution in [0.1, 0.15) is 57.6 Å². The normalized spacial score (nSPS) is 20.1. The van der Waals surface area contributed by atoms with Gasteiger partial charge in [0.15, 0.2) is 0 Å². The molecule has 2 atom stereocenters. The van der Waals surface area contributed by atoms with Gasteiger partial charge in [0.2, 0.25) is 0 Å². The average Bonchev–Trinajstić information content (AvgIpc) is 3.00. The summed E-state index contributed by atoms with van der Waals surface area (Å²) < 4.78 is 21.0. The van der Waals surface area contributed by atoms with Crippen LogP contribution in [0, 0.1) is 5.92 Å². The van der Waals surface area contributed by atoms with E-state index in [9.17, 15) is 19.8 Å². The summed E-state index contributed by atoms with van der Waals surface area (Å²) >= 11 is 0. The molecule has 1 aliphatic rings. The molecule has 8 nitrogen and oxygen atoms in total. The number of aliphatic hydroxyl groups is 2. The molecule has 0 heterocycles. The van der Waals surface area contributed by atoms with Gasteiger partial charge in [-0.1, -0.05) is 58.2 Å². The van der Waals surface area contributed by atoms with Gasteiger partial charge in [0.25, 0.3) is 0 Å². The van der Waals surface area contributed by atoms with Crippen LogP contribution in [0.25, 0.3) is 0 Å². The second-order valence-electron chi connectivity index (χ2n) is 11.7. The fourth-order valence-electron chi connectivity index (χ4n) is 5.39. The van der Waals surface area contributed by atoms with Crippen molar-refractivity contribution in [3.05, 3.63) is 85.0 Å². The largest absolute Gasteiger partial charge is 0.491 e. The van der Waals surface area contributed by atoms with E-state index in [0.717, 1.165) is 37.8 Å². The van der Waals surface area contributed by atoms with Crippen LogP contribution in [-0.2, 0) is 29.9 Å². The Morgan fingerprint density at radius 3 is 1.69 bits per heavy atom. The second kappa shape index (κ2) is 15.0. The summed E-state index contributed by atoms with van der Waals surface area (Å²) in [5.74, 6) is 0.680. The highest BCUT2D eigenvalue weighted by Crippen LogP contribution is 2.48. The van der Waals surface area contributed by atoms with E-state index in [2.05, 4.69) is 58.2 Å². The topological polar surface area (TPSA) is 112 Å². The zero-order valence-electron chi connectivity index (χ0n) is 24.9. The van der Waals surface area contributed by atoms with Gasteiger partial charge in [0, 0.05) is 12.2 Å². The summed E-state index contributed by atoms with van der Waals surface area (Å²) in [6, 6.07) is 16.1. The number of rotatable bonds is 15. The van der Waals surface area contributed by atoms with Crippen molar-refractivity contribution in [2.75, 3.05) is 26.4 Å². The van der Waals surface area contributed by atoms with Crippen LogP contribution in [0.2, 0.25) is 0 Å². The molecule has 2 aromatic carbocycles. The molecule has 1 saturated carbocycles. The van der Waals surface area contributed by atoms with Gasteiger partial charge in [-0.05, 0) is 77.8 Å². The van der Waals surface area contributed by atoms with Gasteiger partial charge >= 0.3 is 11.9 Å². The van der Waals surface area contributed by atoms with Gasteiger partial charge in [-0.2, -0.15) is 0 Å². The van der Waals surface area contributed by atoms with Crippen molar-refractivity contribution in [1.82, 2.24) is 0 Å². The van der Waals surface area contributed by atoms with Crippen LogP contribution >= 0.6 is 0 Å². The summed E-state index contributed by atoms with van der Waals surface area (Å²) in [6.45, 7) is 13.3. The highest BCUT2D eigenvalue weighted by molar-refractivity contribution is 5.81. The third kappa shape index (κ3) is 9.19. The number of hydrogen-bond donors (Lipinski definition) is 2. The first kappa shape index (κ1) is 32.9. The summed E-state index contributed by atoms with van der Waals surface area (Å²) in [7, 11) is 0. The molecule has 0 saturated heterocycles. The van der Waals surface area contributed by atoms with Crippen molar-refractivity contribution in [3.8, 4) is 11.5 Å². The molecule has 2 N–H and O–H groups in total. The van der Waals surface area contributed by atoms with Crippen LogP contribution in [0.15, 0.2) is 73.8 Å². The van der Waals surface area contributed by atoms with Crippen LogP contribution in [0.3, 0.4) is 0 Å². The molecule has 3 rings (SSSR count). The van der Waals surface area contributed by atoms with Gasteiger partial charge in [0.05, 0.1) is 0 Å². The van der Waals surface area contributed by atoms with Crippen LogP contribution in [0.4, 0.5) is 0 Å². The maximum atomic E-state index is 11.1. The van der Waals surface area contributed by atoms with Gasteiger partial charge in [0.1, 0.15) is 50.1 Å². The second-order valence-corrected chi connectivity index (χ2v) is 11.7. The van der Waals surface area contributed by atoms with Crippen molar-refractivity contribution >= 4 is 11.9 Å². The average molecular weight is 581 g/mol. The number of aliphatic hydroxyl groups excluding tert-OH is 2. The number of ether oxygens (including phenoxy) is 4. The number of carbonyl (C=O) groups is 2. The quantitative estimate of drug-likeness (QED) is 0.222. The summed E-state index contributed by atoms with van der Waals surface area (Å²) in [6.07, 6.45) is 4.63. The summed E-state index contributed by atoms with van der Waals surface area (Å²) in [4.78, 5) is 22.3. The fraction of sp³-hybridized carbons (Fsp3) is 0.471. The van der Waals surface area contributed by atoms with Crippen molar-refractivity contribution in [3.63, 3.8) is 0 Å². The fourth-order valence-corrected chi connectivity index (χ4v) is 5.39. The van der Waals surface area contributed by atoms with Crippen LogP contribution in [0.5, 0.6) is 11.5 Å². The monoisotopic (exact) mass is 580 g/mol. The molecule has 0 bridgehead atoms. The van der Waals surface area contributed by atoms with E-state index < -0.39 is 24.1 Å². The van der Waals surface area contributed by atoms with E-state index in [0.29, 0.717) is 17.4 Å². The Bertz CT molecular complexity index is 1180. The number of benzene rings is 2. The van der Waals surface area contributed by atoms with Crippen molar-refractivity contribution < 1.29 is 38.7 Å². The molecule has 228 valence electrons. The molecular formula is C34H44O8. The molecule has 1 aliphatic carbocycles. The van der Waals surface area contributed by atoms with Gasteiger partial charge in [-0.15, -0.1) is 0 Å². The Hall–Kier alpha value is -3.62. The third-order valence-electron chi connectivity index (χ3n) is 8.31. The minimum atomic E-state index is -0.918. The Balaban J connectivity index is 1.49. The maximum Gasteiger partial charge on any atom is 0.330 e. The lowest BCUT2D eigenvalue weighted by Gasteiger charge is -2.44. The van der Waals surface area contributed by atoms with E-state index in [1.54, 1.807) is 0 Å². The van der Waals surface area contributed by atoms with E-state index in [1.807, 2.05) is 24.3 Å². The first-order chi connectivity index (χ1) is 20.0. The third-order valence-corrected chi connectivity index (χ3v) is 8.31. The molecule has 0 spiro atoms. The molecule has 2 unspecified atom stereocenters. The lowest BCUT2D eigenvalue weighted by Crippen LogP contribution is -2.37. The standard InChI is InChI=1S/C34H44O8/c1-6-31(37)41-22-27(35)20-39-29-12-8-24(9-13-29)33(3,4)25-16-18-34(5,19-17-25)26-10-14-30(15-11-26)40-21-28(36)23-42-32(38)7-2/h6-15,25,27-28,35-36H,1-2,16-23H2,3-5H3. The molecule has 8 heteroatoms. The highest BCUT2D eigenvalue weighted by Gasteiger charge is 2.39. The van der Waals surface area contributed by atoms with Crippen LogP contribution in [-0.4, -0.2) is 60.8 Å². The summed E-state index contributed by atoms with van der Waals surface area (Å²) in [5.41, 5.74) is 2.57. The van der Waals surface area contributed by atoms with Gasteiger partial charge < -0.3 is 29.2 Å². The molecule has 0 radical (unpaired) electrons. The predicted octanol–water partition coefficient (Wildman–Crippen LogP) is 5.05. The number of hydrogen-bond acceptors (Lipinski definition) is 8. The van der Waals surface area contributed by atoms with E-state index in [1.165, 1.54) is 11.1 Å². The summed E-state index contributed by atoms with van der Waals surface area (Å²) in [5, 5.41) is 19.9. The van der Waals surface area contributed by atoms with Crippen LogP contribution < -0.4 is 9.47 Å². The molecule has 0 aliphatic heterocycles. The zero-order chi connectivity index (χ0) is 30.8. The Kier molecular flexibility index (Phi) is 11.8. The maximum absolute atomic E-state index is 11.1.